The van der Waals surface area contributed by atoms with Gasteiger partial charge in [0.15, 0.2) is 0 Å². The maximum absolute atomic E-state index is 9.92. The molecule has 2 heteroatoms. The van der Waals surface area contributed by atoms with Crippen LogP contribution in [-0.4, -0.2) is 10.2 Å². The summed E-state index contributed by atoms with van der Waals surface area (Å²) < 4.78 is 0. The van der Waals surface area contributed by atoms with Gasteiger partial charge in [0.05, 0.1) is 6.10 Å². The standard InChI is InChI=1S/C13H20O2/c1-8(2)10-5-6-12(14)11(7-10)13(15)9(3)4/h5-9,13-15H,1-4H3. The Labute approximate surface area is 91.6 Å². The lowest BCUT2D eigenvalue weighted by molar-refractivity contribution is 0.124. The normalized spacial score (nSPS) is 13.5. The molecule has 1 rings (SSSR count). The highest BCUT2D eigenvalue weighted by Gasteiger charge is 2.16. The first-order valence-corrected chi connectivity index (χ1v) is 5.44. The average Bonchev–Trinajstić information content (AvgIpc) is 2.16. The molecule has 0 radical (unpaired) electrons. The number of phenols is 1. The van der Waals surface area contributed by atoms with Crippen LogP contribution in [0, 0.1) is 5.92 Å². The highest BCUT2D eigenvalue weighted by Crippen LogP contribution is 2.31. The lowest BCUT2D eigenvalue weighted by atomic mass is 9.93. The van der Waals surface area contributed by atoms with Crippen molar-refractivity contribution in [3.63, 3.8) is 0 Å². The summed E-state index contributed by atoms with van der Waals surface area (Å²) in [7, 11) is 0. The van der Waals surface area contributed by atoms with Crippen LogP contribution in [0.5, 0.6) is 5.75 Å². The van der Waals surface area contributed by atoms with Gasteiger partial charge in [0.1, 0.15) is 5.75 Å². The minimum Gasteiger partial charge on any atom is -0.508 e. The van der Waals surface area contributed by atoms with E-state index in [0.29, 0.717) is 11.5 Å². The Bertz CT molecular complexity index is 329. The zero-order valence-electron chi connectivity index (χ0n) is 9.86. The number of hydrogen-bond acceptors (Lipinski definition) is 2. The Kier molecular flexibility index (Phi) is 3.75. The number of rotatable bonds is 3. The van der Waals surface area contributed by atoms with E-state index in [1.807, 2.05) is 26.0 Å². The van der Waals surface area contributed by atoms with E-state index in [2.05, 4.69) is 13.8 Å². The fraction of sp³-hybridized carbons (Fsp3) is 0.538. The first-order valence-electron chi connectivity index (χ1n) is 5.44. The fourth-order valence-corrected chi connectivity index (χ4v) is 1.53. The molecule has 2 nitrogen and oxygen atoms in total. The summed E-state index contributed by atoms with van der Waals surface area (Å²) in [5.41, 5.74) is 1.78. The molecule has 0 heterocycles. The molecule has 0 spiro atoms. The summed E-state index contributed by atoms with van der Waals surface area (Å²) >= 11 is 0. The molecule has 0 saturated carbocycles. The van der Waals surface area contributed by atoms with Crippen molar-refractivity contribution in [2.45, 2.75) is 39.7 Å². The zero-order valence-corrected chi connectivity index (χ0v) is 9.86. The molecule has 0 aliphatic carbocycles. The van der Waals surface area contributed by atoms with Gasteiger partial charge in [-0.1, -0.05) is 33.8 Å². The van der Waals surface area contributed by atoms with Gasteiger partial charge in [-0.3, -0.25) is 0 Å². The van der Waals surface area contributed by atoms with Gasteiger partial charge in [0.2, 0.25) is 0 Å². The van der Waals surface area contributed by atoms with E-state index in [1.165, 1.54) is 0 Å². The van der Waals surface area contributed by atoms with Crippen LogP contribution in [0.25, 0.3) is 0 Å². The number of hydrogen-bond donors (Lipinski definition) is 2. The van der Waals surface area contributed by atoms with Gasteiger partial charge in [-0.15, -0.1) is 0 Å². The highest BCUT2D eigenvalue weighted by atomic mass is 16.3. The summed E-state index contributed by atoms with van der Waals surface area (Å²) in [6.07, 6.45) is -0.594. The molecule has 0 amide bonds. The van der Waals surface area contributed by atoms with Gasteiger partial charge in [-0.25, -0.2) is 0 Å². The molecule has 1 atom stereocenters. The smallest absolute Gasteiger partial charge is 0.121 e. The second kappa shape index (κ2) is 4.67. The minimum atomic E-state index is -0.594. The van der Waals surface area contributed by atoms with Crippen molar-refractivity contribution in [1.82, 2.24) is 0 Å². The number of aliphatic hydroxyl groups is 1. The quantitative estimate of drug-likeness (QED) is 0.800. The van der Waals surface area contributed by atoms with E-state index in [4.69, 9.17) is 0 Å². The van der Waals surface area contributed by atoms with E-state index in [9.17, 15) is 10.2 Å². The molecule has 2 N–H and O–H groups in total. The average molecular weight is 208 g/mol. The van der Waals surface area contributed by atoms with E-state index in [1.54, 1.807) is 6.07 Å². The zero-order chi connectivity index (χ0) is 11.6. The summed E-state index contributed by atoms with van der Waals surface area (Å²) in [4.78, 5) is 0. The summed E-state index contributed by atoms with van der Waals surface area (Å²) in [6, 6.07) is 5.46. The van der Waals surface area contributed by atoms with Crippen LogP contribution in [-0.2, 0) is 0 Å². The Balaban J connectivity index is 3.10. The van der Waals surface area contributed by atoms with Crippen molar-refractivity contribution >= 4 is 0 Å². The second-order valence-electron chi connectivity index (χ2n) is 4.66. The third kappa shape index (κ3) is 2.72. The Morgan fingerprint density at radius 2 is 1.67 bits per heavy atom. The van der Waals surface area contributed by atoms with E-state index in [-0.39, 0.29) is 11.7 Å². The van der Waals surface area contributed by atoms with Crippen molar-refractivity contribution in [2.75, 3.05) is 0 Å². The third-order valence-electron chi connectivity index (χ3n) is 2.67. The third-order valence-corrected chi connectivity index (χ3v) is 2.67. The van der Waals surface area contributed by atoms with Crippen LogP contribution in [0.15, 0.2) is 18.2 Å². The molecule has 0 bridgehead atoms. The molecule has 0 aliphatic rings. The maximum Gasteiger partial charge on any atom is 0.121 e. The van der Waals surface area contributed by atoms with Gasteiger partial charge in [0, 0.05) is 5.56 Å². The Morgan fingerprint density at radius 3 is 2.13 bits per heavy atom. The lowest BCUT2D eigenvalue weighted by Gasteiger charge is -2.18. The van der Waals surface area contributed by atoms with Crippen LogP contribution in [0.4, 0.5) is 0 Å². The van der Waals surface area contributed by atoms with Crippen LogP contribution in [0.3, 0.4) is 0 Å². The SMILES string of the molecule is CC(C)c1ccc(O)c(C(O)C(C)C)c1. The molecular weight excluding hydrogens is 188 g/mol. The van der Waals surface area contributed by atoms with Crippen molar-refractivity contribution in [3.05, 3.63) is 29.3 Å². The first-order chi connectivity index (χ1) is 6.93. The predicted octanol–water partition coefficient (Wildman–Crippen LogP) is 3.21. The molecule has 84 valence electrons. The Morgan fingerprint density at radius 1 is 1.07 bits per heavy atom. The first kappa shape index (κ1) is 12.1. The largest absolute Gasteiger partial charge is 0.508 e. The maximum atomic E-state index is 9.92. The van der Waals surface area contributed by atoms with Gasteiger partial charge in [-0.05, 0) is 29.5 Å². The molecule has 0 aliphatic heterocycles. The Hall–Kier alpha value is -1.02. The molecule has 0 fully saturated rings. The summed E-state index contributed by atoms with van der Waals surface area (Å²) in [5, 5.41) is 19.6. The molecule has 1 unspecified atom stereocenters. The van der Waals surface area contributed by atoms with Crippen molar-refractivity contribution in [1.29, 1.82) is 0 Å². The van der Waals surface area contributed by atoms with E-state index in [0.717, 1.165) is 5.56 Å². The number of aromatic hydroxyl groups is 1. The van der Waals surface area contributed by atoms with E-state index < -0.39 is 6.10 Å². The highest BCUT2D eigenvalue weighted by molar-refractivity contribution is 5.38. The van der Waals surface area contributed by atoms with Crippen LogP contribution < -0.4 is 0 Å². The second-order valence-corrected chi connectivity index (χ2v) is 4.66. The molecule has 0 saturated heterocycles. The number of phenolic OH excluding ortho intramolecular Hbond substituents is 1. The molecule has 0 aromatic heterocycles. The molecule has 1 aromatic carbocycles. The molecular formula is C13H20O2. The lowest BCUT2D eigenvalue weighted by Crippen LogP contribution is -2.06. The fourth-order valence-electron chi connectivity index (χ4n) is 1.53. The molecule has 1 aromatic rings. The van der Waals surface area contributed by atoms with Crippen molar-refractivity contribution < 1.29 is 10.2 Å². The topological polar surface area (TPSA) is 40.5 Å². The van der Waals surface area contributed by atoms with Gasteiger partial charge in [-0.2, -0.15) is 0 Å². The van der Waals surface area contributed by atoms with E-state index >= 15 is 0 Å². The summed E-state index contributed by atoms with van der Waals surface area (Å²) in [6.45, 7) is 8.06. The minimum absolute atomic E-state index is 0.110. The number of benzene rings is 1. The monoisotopic (exact) mass is 208 g/mol. The molecule has 15 heavy (non-hydrogen) atoms. The van der Waals surface area contributed by atoms with Crippen LogP contribution in [0.2, 0.25) is 0 Å². The number of aliphatic hydroxyl groups excluding tert-OH is 1. The predicted molar refractivity (Wildman–Crippen MR) is 62.0 cm³/mol. The van der Waals surface area contributed by atoms with Gasteiger partial charge < -0.3 is 10.2 Å². The van der Waals surface area contributed by atoms with Gasteiger partial charge >= 0.3 is 0 Å². The van der Waals surface area contributed by atoms with Crippen molar-refractivity contribution in [3.8, 4) is 5.75 Å². The van der Waals surface area contributed by atoms with Gasteiger partial charge in [0.25, 0.3) is 0 Å². The van der Waals surface area contributed by atoms with Crippen LogP contribution in [0.1, 0.15) is 50.8 Å². The summed E-state index contributed by atoms with van der Waals surface area (Å²) in [5.74, 6) is 0.697. The van der Waals surface area contributed by atoms with Crippen molar-refractivity contribution in [2.24, 2.45) is 5.92 Å². The van der Waals surface area contributed by atoms with Crippen LogP contribution >= 0.6 is 0 Å².